The molecule has 2 aliphatic rings. The molecule has 11 heteroatoms. The van der Waals surface area contributed by atoms with Crippen LogP contribution in [0.5, 0.6) is 11.5 Å². The van der Waals surface area contributed by atoms with Gasteiger partial charge in [-0.25, -0.2) is 9.82 Å². The third-order valence-electron chi connectivity index (χ3n) is 7.63. The van der Waals surface area contributed by atoms with Crippen molar-refractivity contribution in [3.63, 3.8) is 0 Å². The molecule has 0 aromatic heterocycles. The van der Waals surface area contributed by atoms with Crippen molar-refractivity contribution in [2.24, 2.45) is 5.92 Å². The van der Waals surface area contributed by atoms with Crippen molar-refractivity contribution in [3.05, 3.63) is 48.3 Å². The SMILES string of the molecule is CC(C)Oc1ccc(F)c(N2CCC(Oc3ccc(N4NC(C)(C(F)(F)F)[C@@H](C)[C@@H]4CC(=O)O)cc3)CC2)c1. The second-order valence-electron chi connectivity index (χ2n) is 10.7. The summed E-state index contributed by atoms with van der Waals surface area (Å²) in [5, 5.41) is 10.6. The van der Waals surface area contributed by atoms with E-state index in [1.54, 1.807) is 36.4 Å². The lowest BCUT2D eigenvalue weighted by molar-refractivity contribution is -0.197. The number of benzene rings is 2. The lowest BCUT2D eigenvalue weighted by Gasteiger charge is -2.34. The van der Waals surface area contributed by atoms with Gasteiger partial charge in [-0.15, -0.1) is 0 Å². The van der Waals surface area contributed by atoms with Crippen LogP contribution >= 0.6 is 0 Å². The normalized spacial score (nSPS) is 24.3. The highest BCUT2D eigenvalue weighted by Gasteiger charge is 2.62. The number of carbonyl (C=O) groups is 1. The Morgan fingerprint density at radius 2 is 1.74 bits per heavy atom. The summed E-state index contributed by atoms with van der Waals surface area (Å²) in [7, 11) is 0. The number of hydrogen-bond donors (Lipinski definition) is 2. The second-order valence-corrected chi connectivity index (χ2v) is 10.7. The summed E-state index contributed by atoms with van der Waals surface area (Å²) in [6.45, 7) is 7.47. The van der Waals surface area contributed by atoms with Crippen molar-refractivity contribution in [1.29, 1.82) is 0 Å². The number of hydrogen-bond acceptors (Lipinski definition) is 6. The second kappa shape index (κ2) is 11.1. The van der Waals surface area contributed by atoms with Gasteiger partial charge in [-0.3, -0.25) is 4.79 Å². The first kappa shape index (κ1) is 28.8. The third kappa shape index (κ3) is 6.18. The number of aliphatic carboxylic acids is 1. The lowest BCUT2D eigenvalue weighted by atomic mass is 9.82. The van der Waals surface area contributed by atoms with E-state index in [0.717, 1.165) is 6.92 Å². The molecule has 1 unspecified atom stereocenters. The van der Waals surface area contributed by atoms with Gasteiger partial charge in [-0.05, 0) is 57.2 Å². The molecule has 2 fully saturated rings. The first-order chi connectivity index (χ1) is 18.3. The van der Waals surface area contributed by atoms with Gasteiger partial charge in [0.15, 0.2) is 0 Å². The van der Waals surface area contributed by atoms with Gasteiger partial charge in [-0.2, -0.15) is 13.2 Å². The van der Waals surface area contributed by atoms with Crippen LogP contribution in [0.4, 0.5) is 28.9 Å². The zero-order valence-electron chi connectivity index (χ0n) is 22.5. The summed E-state index contributed by atoms with van der Waals surface area (Å²) in [6.07, 6.45) is -3.82. The molecule has 2 heterocycles. The quantitative estimate of drug-likeness (QED) is 0.401. The van der Waals surface area contributed by atoms with Crippen LogP contribution < -0.4 is 24.8 Å². The van der Waals surface area contributed by atoms with Crippen LogP contribution in [0, 0.1) is 11.7 Å². The standard InChI is InChI=1S/C28H35F4N3O4/c1-17(2)38-22-9-10-23(29)25(15-22)34-13-11-21(12-14-34)39-20-7-5-19(6-8-20)35-24(16-26(36)37)18(3)27(4,33-35)28(30,31)32/h5-10,15,17-18,21,24,33H,11-14,16H2,1-4H3,(H,36,37)/t18-,24-,27?/m0/s1. The number of carboxylic acids is 1. The Morgan fingerprint density at radius 3 is 2.31 bits per heavy atom. The summed E-state index contributed by atoms with van der Waals surface area (Å²) in [5.74, 6) is -1.32. The highest BCUT2D eigenvalue weighted by atomic mass is 19.4. The van der Waals surface area contributed by atoms with Crippen molar-refractivity contribution in [1.82, 2.24) is 5.43 Å². The Hall–Kier alpha value is -3.21. The average Bonchev–Trinajstić information content (AvgIpc) is 3.12. The van der Waals surface area contributed by atoms with Crippen molar-refractivity contribution in [2.45, 2.75) is 76.9 Å². The third-order valence-corrected chi connectivity index (χ3v) is 7.63. The molecule has 0 saturated carbocycles. The van der Waals surface area contributed by atoms with Gasteiger partial charge >= 0.3 is 12.1 Å². The molecule has 2 N–H and O–H groups in total. The number of halogens is 4. The molecule has 3 atom stereocenters. The van der Waals surface area contributed by atoms with Crippen molar-refractivity contribution < 1.29 is 36.9 Å². The number of hydrazine groups is 1. The first-order valence-corrected chi connectivity index (χ1v) is 13.1. The molecule has 0 bridgehead atoms. The molecule has 0 radical (unpaired) electrons. The molecular weight excluding hydrogens is 518 g/mol. The zero-order valence-corrected chi connectivity index (χ0v) is 22.5. The monoisotopic (exact) mass is 553 g/mol. The van der Waals surface area contributed by atoms with E-state index < -0.39 is 36.1 Å². The van der Waals surface area contributed by atoms with E-state index in [4.69, 9.17) is 9.47 Å². The molecule has 0 amide bonds. The minimum absolute atomic E-state index is 0.0179. The van der Waals surface area contributed by atoms with Crippen LogP contribution in [0.3, 0.4) is 0 Å². The summed E-state index contributed by atoms with van der Waals surface area (Å²) in [6, 6.07) is 10.4. The fraction of sp³-hybridized carbons (Fsp3) is 0.536. The van der Waals surface area contributed by atoms with Gasteiger partial charge < -0.3 is 24.5 Å². The maximum atomic E-state index is 14.5. The van der Waals surface area contributed by atoms with Crippen LogP contribution in [0.1, 0.15) is 47.0 Å². The number of rotatable bonds is 8. The lowest BCUT2D eigenvalue weighted by Crippen LogP contribution is -2.56. The zero-order chi connectivity index (χ0) is 28.5. The van der Waals surface area contributed by atoms with E-state index in [-0.39, 0.29) is 18.0 Å². The topological polar surface area (TPSA) is 74.3 Å². The molecule has 7 nitrogen and oxygen atoms in total. The Bertz CT molecular complexity index is 1150. The van der Waals surface area contributed by atoms with E-state index in [1.165, 1.54) is 18.0 Å². The Kier molecular flexibility index (Phi) is 8.20. The number of ether oxygens (including phenoxy) is 2. The molecule has 39 heavy (non-hydrogen) atoms. The number of alkyl halides is 3. The number of carboxylic acid groups (broad SMARTS) is 1. The molecule has 2 aromatic rings. The average molecular weight is 554 g/mol. The Morgan fingerprint density at radius 1 is 1.13 bits per heavy atom. The summed E-state index contributed by atoms with van der Waals surface area (Å²) >= 11 is 0. The maximum absolute atomic E-state index is 14.5. The Labute approximate surface area is 225 Å². The maximum Gasteiger partial charge on any atom is 0.408 e. The van der Waals surface area contributed by atoms with Gasteiger partial charge in [0.05, 0.1) is 29.9 Å². The van der Waals surface area contributed by atoms with E-state index in [9.17, 15) is 27.5 Å². The molecular formula is C28H35F4N3O4. The largest absolute Gasteiger partial charge is 0.491 e. The number of nitrogens with zero attached hydrogens (tertiary/aromatic N) is 2. The molecule has 2 aromatic carbocycles. The van der Waals surface area contributed by atoms with E-state index in [2.05, 4.69) is 5.43 Å². The molecule has 214 valence electrons. The molecule has 2 aliphatic heterocycles. The van der Waals surface area contributed by atoms with Crippen LogP contribution in [-0.4, -0.2) is 54.1 Å². The van der Waals surface area contributed by atoms with Crippen LogP contribution in [0.2, 0.25) is 0 Å². The molecule has 4 rings (SSSR count). The number of piperidine rings is 1. The van der Waals surface area contributed by atoms with Gasteiger partial charge in [0.25, 0.3) is 0 Å². The molecule has 0 aliphatic carbocycles. The van der Waals surface area contributed by atoms with Crippen LogP contribution in [-0.2, 0) is 4.79 Å². The molecule has 2 saturated heterocycles. The fourth-order valence-corrected chi connectivity index (χ4v) is 5.24. The van der Waals surface area contributed by atoms with Crippen molar-refractivity contribution >= 4 is 17.3 Å². The highest BCUT2D eigenvalue weighted by Crippen LogP contribution is 2.45. The molecule has 0 spiro atoms. The minimum atomic E-state index is -4.57. The number of anilines is 2. The summed E-state index contributed by atoms with van der Waals surface area (Å²) in [5.41, 5.74) is 1.17. The Balaban J connectivity index is 1.40. The summed E-state index contributed by atoms with van der Waals surface area (Å²) < 4.78 is 67.9. The minimum Gasteiger partial charge on any atom is -0.491 e. The van der Waals surface area contributed by atoms with Gasteiger partial charge in [0.2, 0.25) is 0 Å². The predicted octanol–water partition coefficient (Wildman–Crippen LogP) is 5.79. The highest BCUT2D eigenvalue weighted by molar-refractivity contribution is 5.69. The van der Waals surface area contributed by atoms with Gasteiger partial charge in [0, 0.05) is 37.9 Å². The first-order valence-electron chi connectivity index (χ1n) is 13.1. The number of nitrogens with one attached hydrogen (secondary N) is 1. The van der Waals surface area contributed by atoms with E-state index >= 15 is 0 Å². The summed E-state index contributed by atoms with van der Waals surface area (Å²) in [4.78, 5) is 13.4. The van der Waals surface area contributed by atoms with Crippen molar-refractivity contribution in [2.75, 3.05) is 23.0 Å². The van der Waals surface area contributed by atoms with Gasteiger partial charge in [-0.1, -0.05) is 6.92 Å². The van der Waals surface area contributed by atoms with Crippen LogP contribution in [0.25, 0.3) is 0 Å². The van der Waals surface area contributed by atoms with E-state index in [1.807, 2.05) is 18.7 Å². The van der Waals surface area contributed by atoms with Crippen molar-refractivity contribution in [3.8, 4) is 11.5 Å². The smallest absolute Gasteiger partial charge is 0.408 e. The van der Waals surface area contributed by atoms with Crippen LogP contribution in [0.15, 0.2) is 42.5 Å². The fourth-order valence-electron chi connectivity index (χ4n) is 5.24. The van der Waals surface area contributed by atoms with E-state index in [0.29, 0.717) is 48.8 Å². The predicted molar refractivity (Wildman–Crippen MR) is 140 cm³/mol. The van der Waals surface area contributed by atoms with Gasteiger partial charge in [0.1, 0.15) is 29.0 Å².